The van der Waals surface area contributed by atoms with E-state index in [2.05, 4.69) is 10.6 Å². The minimum absolute atomic E-state index is 0.113. The Morgan fingerprint density at radius 2 is 1.64 bits per heavy atom. The van der Waals surface area contributed by atoms with Gasteiger partial charge in [0.1, 0.15) is 0 Å². The molecule has 1 fully saturated rings. The fourth-order valence-corrected chi connectivity index (χ4v) is 2.75. The fraction of sp³-hybridized carbons (Fsp3) is 0.263. The smallest absolute Gasteiger partial charge is 0.255 e. The molecule has 0 bridgehead atoms. The third kappa shape index (κ3) is 4.81. The van der Waals surface area contributed by atoms with Crippen LogP contribution in [0.2, 0.25) is 5.02 Å². The molecule has 2 N–H and O–H groups in total. The highest BCUT2D eigenvalue weighted by Gasteiger charge is 2.16. The van der Waals surface area contributed by atoms with Gasteiger partial charge in [-0.15, -0.1) is 0 Å². The number of anilines is 1. The summed E-state index contributed by atoms with van der Waals surface area (Å²) < 4.78 is 5.48. The van der Waals surface area contributed by atoms with Crippen molar-refractivity contribution in [2.45, 2.75) is 18.9 Å². The second-order valence-corrected chi connectivity index (χ2v) is 6.32. The van der Waals surface area contributed by atoms with Crippen LogP contribution in [0.4, 0.5) is 5.69 Å². The highest BCUT2D eigenvalue weighted by Crippen LogP contribution is 2.14. The van der Waals surface area contributed by atoms with Crippen molar-refractivity contribution >= 4 is 29.1 Å². The summed E-state index contributed by atoms with van der Waals surface area (Å²) >= 11 is 5.81. The molecule has 0 spiro atoms. The summed E-state index contributed by atoms with van der Waals surface area (Å²) in [6.07, 6.45) is 2.14. The van der Waals surface area contributed by atoms with Crippen molar-refractivity contribution < 1.29 is 14.3 Å². The summed E-state index contributed by atoms with van der Waals surface area (Å²) in [5, 5.41) is 6.23. The van der Waals surface area contributed by atoms with E-state index in [1.807, 2.05) is 0 Å². The van der Waals surface area contributed by atoms with Gasteiger partial charge in [-0.1, -0.05) is 11.6 Å². The molecular weight excluding hydrogens is 340 g/mol. The van der Waals surface area contributed by atoms with E-state index in [1.165, 1.54) is 0 Å². The number of halogens is 1. The first-order valence-electron chi connectivity index (χ1n) is 8.18. The molecule has 2 aromatic carbocycles. The quantitative estimate of drug-likeness (QED) is 0.859. The van der Waals surface area contributed by atoms with Crippen LogP contribution in [0.3, 0.4) is 0 Å². The summed E-state index contributed by atoms with van der Waals surface area (Å²) in [4.78, 5) is 24.3. The molecule has 0 radical (unpaired) electrons. The van der Waals surface area contributed by atoms with Gasteiger partial charge in [0.25, 0.3) is 11.8 Å². The van der Waals surface area contributed by atoms with Gasteiger partial charge in [0.2, 0.25) is 0 Å². The van der Waals surface area contributed by atoms with Crippen LogP contribution in [-0.2, 0) is 4.74 Å². The Kier molecular flexibility index (Phi) is 5.68. The maximum absolute atomic E-state index is 12.1. The maximum Gasteiger partial charge on any atom is 0.255 e. The number of carbonyl (C=O) groups excluding carboxylic acids is 2. The third-order valence-electron chi connectivity index (χ3n) is 4.03. The summed E-state index contributed by atoms with van der Waals surface area (Å²) in [6.45, 7) is 1.29. The summed E-state index contributed by atoms with van der Waals surface area (Å²) in [5.74, 6) is -0.377. The number of ether oxygens (including phenoxy) is 1. The number of benzene rings is 2. The molecule has 2 amide bonds. The number of hydrogen-bond donors (Lipinski definition) is 2. The first-order valence-corrected chi connectivity index (χ1v) is 8.56. The van der Waals surface area contributed by atoms with Crippen molar-refractivity contribution in [2.75, 3.05) is 18.5 Å². The van der Waals surface area contributed by atoms with E-state index in [1.54, 1.807) is 48.5 Å². The van der Waals surface area contributed by atoms with Crippen LogP contribution in [0.5, 0.6) is 0 Å². The average molecular weight is 359 g/mol. The second-order valence-electron chi connectivity index (χ2n) is 5.88. The van der Waals surface area contributed by atoms with Gasteiger partial charge in [-0.3, -0.25) is 9.59 Å². The first kappa shape index (κ1) is 17.5. The monoisotopic (exact) mass is 358 g/mol. The normalized spacial score (nSPS) is 16.4. The van der Waals surface area contributed by atoms with Crippen molar-refractivity contribution in [3.8, 4) is 0 Å². The zero-order valence-corrected chi connectivity index (χ0v) is 14.4. The van der Waals surface area contributed by atoms with Crippen LogP contribution < -0.4 is 10.6 Å². The highest BCUT2D eigenvalue weighted by atomic mass is 35.5. The highest BCUT2D eigenvalue weighted by molar-refractivity contribution is 6.30. The number of nitrogens with one attached hydrogen (secondary N) is 2. The largest absolute Gasteiger partial charge is 0.376 e. The Morgan fingerprint density at radius 3 is 2.28 bits per heavy atom. The van der Waals surface area contributed by atoms with Gasteiger partial charge >= 0.3 is 0 Å². The topological polar surface area (TPSA) is 67.4 Å². The zero-order chi connectivity index (χ0) is 17.6. The lowest BCUT2D eigenvalue weighted by Gasteiger charge is -2.11. The summed E-state index contributed by atoms with van der Waals surface area (Å²) in [5.41, 5.74) is 1.68. The van der Waals surface area contributed by atoms with Crippen molar-refractivity contribution in [3.63, 3.8) is 0 Å². The van der Waals surface area contributed by atoms with Crippen LogP contribution >= 0.6 is 11.6 Å². The molecule has 1 atom stereocenters. The van der Waals surface area contributed by atoms with E-state index < -0.39 is 0 Å². The number of amides is 2. The number of hydrogen-bond acceptors (Lipinski definition) is 3. The molecule has 3 rings (SSSR count). The Balaban J connectivity index is 1.55. The average Bonchev–Trinajstić information content (AvgIpc) is 3.14. The van der Waals surface area contributed by atoms with Gasteiger partial charge in [-0.25, -0.2) is 0 Å². The van der Waals surface area contributed by atoms with Gasteiger partial charge < -0.3 is 15.4 Å². The molecule has 5 nitrogen and oxygen atoms in total. The molecule has 0 aromatic heterocycles. The molecule has 0 aliphatic carbocycles. The molecule has 25 heavy (non-hydrogen) atoms. The SMILES string of the molecule is O=C(NC[C@@H]1CCCO1)c1ccc(NC(=O)c2ccc(Cl)cc2)cc1. The fourth-order valence-electron chi connectivity index (χ4n) is 2.62. The van der Waals surface area contributed by atoms with Gasteiger partial charge in [0.05, 0.1) is 6.10 Å². The Labute approximate surface area is 151 Å². The van der Waals surface area contributed by atoms with Crippen LogP contribution in [0.1, 0.15) is 33.6 Å². The van der Waals surface area contributed by atoms with E-state index in [0.29, 0.717) is 28.4 Å². The Morgan fingerprint density at radius 1 is 1.00 bits per heavy atom. The third-order valence-corrected chi connectivity index (χ3v) is 4.28. The molecule has 6 heteroatoms. The van der Waals surface area contributed by atoms with Crippen LogP contribution in [0.15, 0.2) is 48.5 Å². The lowest BCUT2D eigenvalue weighted by molar-refractivity contribution is 0.0857. The summed E-state index contributed by atoms with van der Waals surface area (Å²) in [6, 6.07) is 13.4. The van der Waals surface area contributed by atoms with Crippen LogP contribution in [-0.4, -0.2) is 31.1 Å². The van der Waals surface area contributed by atoms with Crippen LogP contribution in [0.25, 0.3) is 0 Å². The first-order chi connectivity index (χ1) is 12.1. The van der Waals surface area contributed by atoms with Gasteiger partial charge in [-0.05, 0) is 61.4 Å². The van der Waals surface area contributed by atoms with Crippen molar-refractivity contribution in [3.05, 3.63) is 64.7 Å². The van der Waals surface area contributed by atoms with Crippen molar-refractivity contribution in [2.24, 2.45) is 0 Å². The number of rotatable bonds is 5. The van der Waals surface area contributed by atoms with Gasteiger partial charge in [-0.2, -0.15) is 0 Å². The van der Waals surface area contributed by atoms with E-state index in [-0.39, 0.29) is 17.9 Å². The predicted octanol–water partition coefficient (Wildman–Crippen LogP) is 3.50. The second kappa shape index (κ2) is 8.14. The van der Waals surface area contributed by atoms with E-state index in [9.17, 15) is 9.59 Å². The number of carbonyl (C=O) groups is 2. The van der Waals surface area contributed by atoms with Crippen molar-refractivity contribution in [1.82, 2.24) is 5.32 Å². The lowest BCUT2D eigenvalue weighted by Crippen LogP contribution is -2.31. The maximum atomic E-state index is 12.1. The molecule has 1 heterocycles. The van der Waals surface area contributed by atoms with Crippen molar-refractivity contribution in [1.29, 1.82) is 0 Å². The standard InChI is InChI=1S/C19H19ClN2O3/c20-15-7-3-14(4-8-15)19(24)22-16-9-5-13(6-10-16)18(23)21-12-17-2-1-11-25-17/h3-10,17H,1-2,11-12H2,(H,21,23)(H,22,24)/t17-/m0/s1. The molecule has 0 saturated carbocycles. The zero-order valence-electron chi connectivity index (χ0n) is 13.6. The molecule has 130 valence electrons. The predicted molar refractivity (Wildman–Crippen MR) is 97.2 cm³/mol. The molecule has 2 aromatic rings. The van der Waals surface area contributed by atoms with Gasteiger partial charge in [0.15, 0.2) is 0 Å². The van der Waals surface area contributed by atoms with E-state index in [4.69, 9.17) is 16.3 Å². The molecular formula is C19H19ClN2O3. The molecule has 1 aliphatic heterocycles. The van der Waals surface area contributed by atoms with Gasteiger partial charge in [0, 0.05) is 35.0 Å². The Hall–Kier alpha value is -2.37. The minimum atomic E-state index is -0.229. The van der Waals surface area contributed by atoms with Crippen LogP contribution in [0, 0.1) is 0 Å². The molecule has 1 saturated heterocycles. The van der Waals surface area contributed by atoms with E-state index >= 15 is 0 Å². The molecule has 1 aliphatic rings. The lowest BCUT2D eigenvalue weighted by atomic mass is 10.1. The van der Waals surface area contributed by atoms with E-state index in [0.717, 1.165) is 19.4 Å². The molecule has 0 unspecified atom stereocenters. The Bertz CT molecular complexity index is 738. The minimum Gasteiger partial charge on any atom is -0.376 e. The summed E-state index contributed by atoms with van der Waals surface area (Å²) in [7, 11) is 0.